The summed E-state index contributed by atoms with van der Waals surface area (Å²) in [4.78, 5) is 22.0. The number of aryl methyl sites for hydroxylation is 1. The Bertz CT molecular complexity index is 643. The van der Waals surface area contributed by atoms with Crippen molar-refractivity contribution in [2.45, 2.75) is 13.0 Å². The van der Waals surface area contributed by atoms with Gasteiger partial charge in [-0.3, -0.25) is 19.6 Å². The van der Waals surface area contributed by atoms with E-state index in [1.54, 1.807) is 23.1 Å². The monoisotopic (exact) mass is 292 g/mol. The minimum atomic E-state index is -0.710. The van der Waals surface area contributed by atoms with Gasteiger partial charge in [0.05, 0.1) is 4.92 Å². The van der Waals surface area contributed by atoms with Gasteiger partial charge in [-0.1, -0.05) is 0 Å². The number of benzene rings is 1. The number of nitrogens with zero attached hydrogens (tertiary/aromatic N) is 3. The van der Waals surface area contributed by atoms with Crippen molar-refractivity contribution in [1.82, 2.24) is 15.1 Å². The van der Waals surface area contributed by atoms with Crippen LogP contribution in [0.1, 0.15) is 16.8 Å². The van der Waals surface area contributed by atoms with Gasteiger partial charge in [-0.05, 0) is 24.6 Å². The number of carbonyl (C=O) groups is 1. The molecule has 0 unspecified atom stereocenters. The SMILES string of the molecule is O=C(NCCCn1cccn1)c1cc(F)ccc1[N+](=O)[O-]. The molecule has 1 N–H and O–H groups in total. The zero-order valence-electron chi connectivity index (χ0n) is 11.0. The van der Waals surface area contributed by atoms with Crippen LogP contribution in [0.3, 0.4) is 0 Å². The maximum absolute atomic E-state index is 13.1. The molecule has 0 saturated heterocycles. The number of halogens is 1. The van der Waals surface area contributed by atoms with Gasteiger partial charge in [0.15, 0.2) is 0 Å². The number of hydrogen-bond acceptors (Lipinski definition) is 4. The van der Waals surface area contributed by atoms with Crippen LogP contribution in [-0.4, -0.2) is 27.2 Å². The van der Waals surface area contributed by atoms with Gasteiger partial charge in [-0.25, -0.2) is 4.39 Å². The summed E-state index contributed by atoms with van der Waals surface area (Å²) in [5.74, 6) is -1.36. The molecule has 0 fully saturated rings. The second-order valence-electron chi connectivity index (χ2n) is 4.30. The van der Waals surface area contributed by atoms with Crippen LogP contribution in [-0.2, 0) is 6.54 Å². The summed E-state index contributed by atoms with van der Waals surface area (Å²) in [5.41, 5.74) is -0.694. The van der Waals surface area contributed by atoms with Gasteiger partial charge in [0, 0.05) is 31.5 Å². The average molecular weight is 292 g/mol. The van der Waals surface area contributed by atoms with Crippen LogP contribution in [0.15, 0.2) is 36.7 Å². The molecule has 2 rings (SSSR count). The van der Waals surface area contributed by atoms with Crippen molar-refractivity contribution in [2.75, 3.05) is 6.54 Å². The zero-order valence-corrected chi connectivity index (χ0v) is 11.0. The van der Waals surface area contributed by atoms with Crippen molar-refractivity contribution >= 4 is 11.6 Å². The van der Waals surface area contributed by atoms with Gasteiger partial charge in [0.25, 0.3) is 11.6 Å². The summed E-state index contributed by atoms with van der Waals surface area (Å²) in [7, 11) is 0. The quantitative estimate of drug-likeness (QED) is 0.499. The minimum absolute atomic E-state index is 0.279. The first-order chi connectivity index (χ1) is 10.1. The molecule has 0 radical (unpaired) electrons. The number of amides is 1. The predicted octanol–water partition coefficient (Wildman–Crippen LogP) is 1.75. The molecule has 8 heteroatoms. The van der Waals surface area contributed by atoms with E-state index in [-0.39, 0.29) is 5.56 Å². The second-order valence-corrected chi connectivity index (χ2v) is 4.30. The molecule has 7 nitrogen and oxygen atoms in total. The number of carbonyl (C=O) groups excluding carboxylic acids is 1. The summed E-state index contributed by atoms with van der Waals surface area (Å²) in [5, 5.41) is 17.4. The van der Waals surface area contributed by atoms with E-state index >= 15 is 0 Å². The highest BCUT2D eigenvalue weighted by Gasteiger charge is 2.20. The smallest absolute Gasteiger partial charge is 0.282 e. The largest absolute Gasteiger partial charge is 0.352 e. The second kappa shape index (κ2) is 6.60. The standard InChI is InChI=1S/C13H13FN4O3/c14-10-3-4-12(18(20)21)11(9-10)13(19)15-5-1-7-17-8-2-6-16-17/h2-4,6,8-9H,1,5,7H2,(H,15,19). The molecule has 1 amide bonds. The van der Waals surface area contributed by atoms with Gasteiger partial charge in [-0.2, -0.15) is 5.10 Å². The highest BCUT2D eigenvalue weighted by atomic mass is 19.1. The number of hydrogen-bond donors (Lipinski definition) is 1. The molecule has 0 atom stereocenters. The fourth-order valence-corrected chi connectivity index (χ4v) is 1.82. The molecule has 1 heterocycles. The van der Waals surface area contributed by atoms with Crippen LogP contribution in [0.25, 0.3) is 0 Å². The minimum Gasteiger partial charge on any atom is -0.352 e. The van der Waals surface area contributed by atoms with Gasteiger partial charge in [0.1, 0.15) is 11.4 Å². The molecule has 0 aliphatic heterocycles. The first-order valence-corrected chi connectivity index (χ1v) is 6.27. The van der Waals surface area contributed by atoms with E-state index in [9.17, 15) is 19.3 Å². The summed E-state index contributed by atoms with van der Waals surface area (Å²) in [6.07, 6.45) is 4.05. The zero-order chi connectivity index (χ0) is 15.2. The normalized spacial score (nSPS) is 10.3. The van der Waals surface area contributed by atoms with E-state index in [0.29, 0.717) is 19.5 Å². The van der Waals surface area contributed by atoms with Crippen molar-refractivity contribution in [3.05, 3.63) is 58.2 Å². The molecular formula is C13H13FN4O3. The number of nitrogens with one attached hydrogen (secondary N) is 1. The van der Waals surface area contributed by atoms with Crippen molar-refractivity contribution in [3.63, 3.8) is 0 Å². The summed E-state index contributed by atoms with van der Waals surface area (Å²) in [6.45, 7) is 0.922. The van der Waals surface area contributed by atoms with E-state index < -0.39 is 22.3 Å². The number of nitro groups is 1. The molecule has 110 valence electrons. The highest BCUT2D eigenvalue weighted by Crippen LogP contribution is 2.19. The third-order valence-corrected chi connectivity index (χ3v) is 2.81. The lowest BCUT2D eigenvalue weighted by molar-refractivity contribution is -0.385. The Kier molecular flexibility index (Phi) is 4.60. The van der Waals surface area contributed by atoms with Gasteiger partial charge in [0.2, 0.25) is 0 Å². The Morgan fingerprint density at radius 3 is 2.95 bits per heavy atom. The number of aromatic nitrogens is 2. The third-order valence-electron chi connectivity index (χ3n) is 2.81. The predicted molar refractivity (Wildman–Crippen MR) is 72.2 cm³/mol. The molecule has 0 spiro atoms. The Hall–Kier alpha value is -2.77. The van der Waals surface area contributed by atoms with E-state index in [0.717, 1.165) is 18.2 Å². The average Bonchev–Trinajstić information content (AvgIpc) is 2.96. The molecule has 0 aliphatic rings. The topological polar surface area (TPSA) is 90.1 Å². The van der Waals surface area contributed by atoms with E-state index in [4.69, 9.17) is 0 Å². The van der Waals surface area contributed by atoms with Crippen LogP contribution >= 0.6 is 0 Å². The summed E-state index contributed by atoms with van der Waals surface area (Å²) in [6, 6.07) is 4.58. The van der Waals surface area contributed by atoms with Crippen LogP contribution in [0.4, 0.5) is 10.1 Å². The Balaban J connectivity index is 1.93. The lowest BCUT2D eigenvalue weighted by atomic mass is 10.1. The first kappa shape index (κ1) is 14.6. The third kappa shape index (κ3) is 3.85. The van der Waals surface area contributed by atoms with Crippen molar-refractivity contribution < 1.29 is 14.1 Å². The Morgan fingerprint density at radius 2 is 2.29 bits per heavy atom. The fraction of sp³-hybridized carbons (Fsp3) is 0.231. The Labute approximate surface area is 119 Å². The first-order valence-electron chi connectivity index (χ1n) is 6.27. The van der Waals surface area contributed by atoms with Crippen LogP contribution in [0.5, 0.6) is 0 Å². The summed E-state index contributed by atoms with van der Waals surface area (Å²) < 4.78 is 14.8. The van der Waals surface area contributed by atoms with Crippen LogP contribution in [0, 0.1) is 15.9 Å². The molecule has 0 bridgehead atoms. The molecular weight excluding hydrogens is 279 g/mol. The fourth-order valence-electron chi connectivity index (χ4n) is 1.82. The number of nitro benzene ring substituents is 1. The molecule has 21 heavy (non-hydrogen) atoms. The molecule has 1 aromatic heterocycles. The van der Waals surface area contributed by atoms with Gasteiger partial charge >= 0.3 is 0 Å². The van der Waals surface area contributed by atoms with E-state index in [1.807, 2.05) is 0 Å². The highest BCUT2D eigenvalue weighted by molar-refractivity contribution is 5.98. The number of rotatable bonds is 6. The maximum Gasteiger partial charge on any atom is 0.282 e. The van der Waals surface area contributed by atoms with E-state index in [1.165, 1.54) is 0 Å². The molecule has 1 aromatic carbocycles. The summed E-state index contributed by atoms with van der Waals surface area (Å²) >= 11 is 0. The van der Waals surface area contributed by atoms with Gasteiger partial charge < -0.3 is 5.32 Å². The van der Waals surface area contributed by atoms with Crippen molar-refractivity contribution in [3.8, 4) is 0 Å². The van der Waals surface area contributed by atoms with Crippen molar-refractivity contribution in [2.24, 2.45) is 0 Å². The van der Waals surface area contributed by atoms with E-state index in [2.05, 4.69) is 10.4 Å². The lowest BCUT2D eigenvalue weighted by Gasteiger charge is -2.06. The van der Waals surface area contributed by atoms with Crippen LogP contribution < -0.4 is 5.32 Å². The lowest BCUT2D eigenvalue weighted by Crippen LogP contribution is -2.26. The van der Waals surface area contributed by atoms with Gasteiger partial charge in [-0.15, -0.1) is 0 Å². The molecule has 2 aromatic rings. The maximum atomic E-state index is 13.1. The van der Waals surface area contributed by atoms with Crippen molar-refractivity contribution in [1.29, 1.82) is 0 Å². The molecule has 0 saturated carbocycles. The van der Waals surface area contributed by atoms with Crippen LogP contribution in [0.2, 0.25) is 0 Å². The Morgan fingerprint density at radius 1 is 1.48 bits per heavy atom. The molecule has 0 aliphatic carbocycles.